The number of anilines is 2. The smallest absolute Gasteiger partial charge is 0.414 e. The SMILES string of the molecule is CC(C)(C)OC(=O)N1CCN(c2ccc(N3C[C@@H](CN(S)C(N)=O)OC3=O)cc2F)CC1. The molecule has 4 amide bonds. The van der Waals surface area contributed by atoms with Crippen molar-refractivity contribution < 1.29 is 28.2 Å². The molecule has 0 bridgehead atoms. The summed E-state index contributed by atoms with van der Waals surface area (Å²) in [4.78, 5) is 40.2. The van der Waals surface area contributed by atoms with Crippen molar-refractivity contribution in [1.29, 1.82) is 0 Å². The van der Waals surface area contributed by atoms with Gasteiger partial charge in [-0.3, -0.25) is 9.21 Å². The first-order valence-corrected chi connectivity index (χ1v) is 10.6. The summed E-state index contributed by atoms with van der Waals surface area (Å²) in [6.07, 6.45) is -1.65. The Kier molecular flexibility index (Phi) is 6.91. The van der Waals surface area contributed by atoms with Gasteiger partial charge in [0.2, 0.25) is 0 Å². The van der Waals surface area contributed by atoms with Crippen molar-refractivity contribution in [1.82, 2.24) is 9.21 Å². The molecular formula is C20H28FN5O5S. The molecule has 2 N–H and O–H groups in total. The van der Waals surface area contributed by atoms with Crippen LogP contribution in [0.15, 0.2) is 18.2 Å². The molecule has 1 aromatic carbocycles. The maximum absolute atomic E-state index is 14.9. The van der Waals surface area contributed by atoms with Gasteiger partial charge in [0.1, 0.15) is 17.5 Å². The minimum Gasteiger partial charge on any atom is -0.444 e. The highest BCUT2D eigenvalue weighted by atomic mass is 32.1. The predicted octanol–water partition coefficient (Wildman–Crippen LogP) is 2.43. The molecule has 10 nitrogen and oxygen atoms in total. The number of rotatable bonds is 4. The van der Waals surface area contributed by atoms with Gasteiger partial charge in [-0.1, -0.05) is 12.8 Å². The molecule has 1 aromatic rings. The number of amides is 4. The molecule has 2 aliphatic heterocycles. The van der Waals surface area contributed by atoms with Crippen LogP contribution in [0.25, 0.3) is 0 Å². The number of carbonyl (C=O) groups is 3. The van der Waals surface area contributed by atoms with Crippen LogP contribution in [0.2, 0.25) is 0 Å². The highest BCUT2D eigenvalue weighted by molar-refractivity contribution is 7.78. The first-order valence-electron chi connectivity index (χ1n) is 10.2. The second kappa shape index (κ2) is 9.31. The van der Waals surface area contributed by atoms with Crippen molar-refractivity contribution in [2.24, 2.45) is 5.73 Å². The van der Waals surface area contributed by atoms with Crippen LogP contribution in [-0.4, -0.2) is 78.4 Å². The van der Waals surface area contributed by atoms with Crippen LogP contribution in [-0.2, 0) is 9.47 Å². The van der Waals surface area contributed by atoms with Crippen molar-refractivity contribution in [2.45, 2.75) is 32.5 Å². The van der Waals surface area contributed by atoms with E-state index in [4.69, 9.17) is 15.2 Å². The molecule has 0 radical (unpaired) electrons. The summed E-state index contributed by atoms with van der Waals surface area (Å²) in [7, 11) is 0. The zero-order valence-corrected chi connectivity index (χ0v) is 19.2. The molecule has 1 atom stereocenters. The van der Waals surface area contributed by atoms with Gasteiger partial charge in [-0.05, 0) is 39.0 Å². The van der Waals surface area contributed by atoms with E-state index in [9.17, 15) is 18.8 Å². The molecule has 0 aliphatic carbocycles. The molecule has 2 saturated heterocycles. The van der Waals surface area contributed by atoms with Crippen LogP contribution in [0.5, 0.6) is 0 Å². The number of halogens is 1. The van der Waals surface area contributed by atoms with Crippen LogP contribution in [0, 0.1) is 5.82 Å². The summed E-state index contributed by atoms with van der Waals surface area (Å²) in [6, 6.07) is 3.74. The fourth-order valence-corrected chi connectivity index (χ4v) is 3.67. The number of nitrogens with two attached hydrogens (primary N) is 1. The van der Waals surface area contributed by atoms with Gasteiger partial charge in [0.25, 0.3) is 0 Å². The third-order valence-corrected chi connectivity index (χ3v) is 5.38. The number of hydrogen-bond acceptors (Lipinski definition) is 7. The van der Waals surface area contributed by atoms with E-state index >= 15 is 0 Å². The van der Waals surface area contributed by atoms with Crippen LogP contribution in [0.3, 0.4) is 0 Å². The number of carbonyl (C=O) groups excluding carboxylic acids is 3. The van der Waals surface area contributed by atoms with Crippen molar-refractivity contribution in [3.63, 3.8) is 0 Å². The fourth-order valence-electron chi connectivity index (χ4n) is 3.49. The molecule has 0 unspecified atom stereocenters. The van der Waals surface area contributed by atoms with E-state index in [-0.39, 0.29) is 19.2 Å². The number of nitrogens with zero attached hydrogens (tertiary/aromatic N) is 4. The zero-order valence-electron chi connectivity index (χ0n) is 18.3. The Bertz CT molecular complexity index is 888. The Hall–Kier alpha value is -2.89. The third kappa shape index (κ3) is 5.67. The Morgan fingerprint density at radius 1 is 1.28 bits per heavy atom. The summed E-state index contributed by atoms with van der Waals surface area (Å²) >= 11 is 3.93. The molecule has 0 saturated carbocycles. The zero-order chi connectivity index (χ0) is 23.6. The van der Waals surface area contributed by atoms with Gasteiger partial charge in [0.15, 0.2) is 0 Å². The first-order chi connectivity index (χ1) is 14.9. The number of benzene rings is 1. The number of thiol groups is 1. The minimum absolute atomic E-state index is 0.0170. The van der Waals surface area contributed by atoms with Gasteiger partial charge < -0.3 is 25.0 Å². The molecule has 0 aromatic heterocycles. The summed E-state index contributed by atoms with van der Waals surface area (Å²) < 4.78 is 26.4. The minimum atomic E-state index is -0.759. The molecule has 3 rings (SSSR count). The fraction of sp³-hybridized carbons (Fsp3) is 0.550. The average molecular weight is 470 g/mol. The largest absolute Gasteiger partial charge is 0.444 e. The van der Waals surface area contributed by atoms with Gasteiger partial charge in [-0.2, -0.15) is 0 Å². The maximum Gasteiger partial charge on any atom is 0.414 e. The average Bonchev–Trinajstić information content (AvgIpc) is 3.06. The van der Waals surface area contributed by atoms with Crippen molar-refractivity contribution in [3.8, 4) is 0 Å². The van der Waals surface area contributed by atoms with Gasteiger partial charge in [-0.25, -0.2) is 18.8 Å². The van der Waals surface area contributed by atoms with Crippen LogP contribution in [0.1, 0.15) is 20.8 Å². The van der Waals surface area contributed by atoms with Crippen LogP contribution < -0.4 is 15.5 Å². The lowest BCUT2D eigenvalue weighted by molar-refractivity contribution is 0.0240. The van der Waals surface area contributed by atoms with E-state index in [1.165, 1.54) is 11.0 Å². The van der Waals surface area contributed by atoms with E-state index < -0.39 is 29.6 Å². The van der Waals surface area contributed by atoms with Crippen molar-refractivity contribution >= 4 is 42.4 Å². The molecule has 2 heterocycles. The number of hydrogen-bond donors (Lipinski definition) is 2. The highest BCUT2D eigenvalue weighted by Gasteiger charge is 2.34. The Balaban J connectivity index is 1.61. The second-order valence-electron chi connectivity index (χ2n) is 8.63. The molecule has 2 fully saturated rings. The normalized spacial score (nSPS) is 19.1. The van der Waals surface area contributed by atoms with Crippen molar-refractivity contribution in [3.05, 3.63) is 24.0 Å². The molecular weight excluding hydrogens is 441 g/mol. The van der Waals surface area contributed by atoms with Crippen LogP contribution >= 0.6 is 12.8 Å². The van der Waals surface area contributed by atoms with Crippen molar-refractivity contribution in [2.75, 3.05) is 49.1 Å². The van der Waals surface area contributed by atoms with E-state index in [0.29, 0.717) is 37.6 Å². The topological polar surface area (TPSA) is 109 Å². The monoisotopic (exact) mass is 469 g/mol. The molecule has 12 heteroatoms. The van der Waals surface area contributed by atoms with Gasteiger partial charge in [0.05, 0.1) is 24.5 Å². The summed E-state index contributed by atoms with van der Waals surface area (Å²) in [6.45, 7) is 7.31. The number of ether oxygens (including phenoxy) is 2. The Morgan fingerprint density at radius 2 is 1.94 bits per heavy atom. The highest BCUT2D eigenvalue weighted by Crippen LogP contribution is 2.29. The predicted molar refractivity (Wildman–Crippen MR) is 119 cm³/mol. The van der Waals surface area contributed by atoms with E-state index in [2.05, 4.69) is 12.8 Å². The summed E-state index contributed by atoms with van der Waals surface area (Å²) in [5, 5.41) is 0. The van der Waals surface area contributed by atoms with E-state index in [1.807, 2.05) is 25.7 Å². The molecule has 32 heavy (non-hydrogen) atoms. The summed E-state index contributed by atoms with van der Waals surface area (Å²) in [5.41, 5.74) is 5.28. The lowest BCUT2D eigenvalue weighted by Crippen LogP contribution is -2.50. The summed E-state index contributed by atoms with van der Waals surface area (Å²) in [5.74, 6) is -0.488. The Morgan fingerprint density at radius 3 is 2.50 bits per heavy atom. The lowest BCUT2D eigenvalue weighted by atomic mass is 10.2. The second-order valence-corrected chi connectivity index (χ2v) is 9.11. The standard InChI is InChI=1S/C20H28FN5O5S/c1-20(2,3)31-18(28)24-8-6-23(7-9-24)16-5-4-13(10-15(16)21)25-11-14(30-19(25)29)12-26(32)17(22)27/h4-5,10,14,32H,6-9,11-12H2,1-3H3,(H2,22,27)/t14-/m0/s1. The Labute approximate surface area is 191 Å². The van der Waals surface area contributed by atoms with Gasteiger partial charge in [-0.15, -0.1) is 0 Å². The quantitative estimate of drug-likeness (QED) is 0.656. The van der Waals surface area contributed by atoms with Gasteiger partial charge >= 0.3 is 18.2 Å². The van der Waals surface area contributed by atoms with Gasteiger partial charge in [0, 0.05) is 26.2 Å². The van der Waals surface area contributed by atoms with Crippen LogP contribution in [0.4, 0.5) is 30.1 Å². The number of piperazine rings is 1. The molecule has 2 aliphatic rings. The van der Waals surface area contributed by atoms with E-state index in [0.717, 1.165) is 4.31 Å². The number of cyclic esters (lactones) is 1. The molecule has 0 spiro atoms. The maximum atomic E-state index is 14.9. The molecule has 176 valence electrons. The lowest BCUT2D eigenvalue weighted by Gasteiger charge is -2.37. The number of primary amides is 1. The third-order valence-electron chi connectivity index (χ3n) is 5.02. The van der Waals surface area contributed by atoms with E-state index in [1.54, 1.807) is 17.0 Å². The number of urea groups is 1. The first kappa shape index (κ1) is 23.8.